The molecule has 0 aliphatic carbocycles. The number of benzene rings is 1. The van der Waals surface area contributed by atoms with Crippen LogP contribution in [0.5, 0.6) is 0 Å². The lowest BCUT2D eigenvalue weighted by atomic mass is 10.0. The lowest BCUT2D eigenvalue weighted by molar-refractivity contribution is 0.0697. The summed E-state index contributed by atoms with van der Waals surface area (Å²) in [5.41, 5.74) is 9.65. The molecule has 3 N–H and O–H groups in total. The number of aryl methyl sites for hydroxylation is 1. The van der Waals surface area contributed by atoms with Gasteiger partial charge in [0.05, 0.1) is 11.1 Å². The minimum atomic E-state index is -0.858. The first-order valence-corrected chi connectivity index (χ1v) is 8.94. The Bertz CT molecular complexity index is 730. The fourth-order valence-corrected chi connectivity index (χ4v) is 3.79. The minimum absolute atomic E-state index is 0.382. The van der Waals surface area contributed by atoms with E-state index in [1.54, 1.807) is 0 Å². The lowest BCUT2D eigenvalue weighted by Crippen LogP contribution is -2.21. The van der Waals surface area contributed by atoms with Crippen LogP contribution in [0, 0.1) is 0 Å². The second-order valence-electron chi connectivity index (χ2n) is 6.63. The molecule has 1 aromatic carbocycles. The van der Waals surface area contributed by atoms with Gasteiger partial charge in [0.2, 0.25) is 0 Å². The Kier molecular flexibility index (Phi) is 5.21. The number of hydrogen-bond donors (Lipinski definition) is 2. The molecule has 0 atom stereocenters. The van der Waals surface area contributed by atoms with Crippen LogP contribution in [-0.2, 0) is 19.4 Å². The van der Waals surface area contributed by atoms with Crippen LogP contribution in [0.1, 0.15) is 41.3 Å². The maximum atomic E-state index is 11.5. The maximum Gasteiger partial charge on any atom is 0.335 e. The number of hydrogen-bond acceptors (Lipinski definition) is 3. The number of carboxylic acid groups (broad SMARTS) is 1. The zero-order chi connectivity index (χ0) is 17.1. The van der Waals surface area contributed by atoms with Crippen LogP contribution in [-0.4, -0.2) is 46.7 Å². The molecule has 3 rings (SSSR count). The number of carbonyl (C=O) groups is 1. The van der Waals surface area contributed by atoms with Gasteiger partial charge in [-0.1, -0.05) is 6.92 Å². The molecule has 5 nitrogen and oxygen atoms in total. The predicted octanol–water partition coefficient (Wildman–Crippen LogP) is 2.50. The normalized spacial score (nSPS) is 15.4. The molecule has 1 aliphatic rings. The Hall–Kier alpha value is -1.85. The van der Waals surface area contributed by atoms with Gasteiger partial charge in [-0.2, -0.15) is 0 Å². The molecule has 24 heavy (non-hydrogen) atoms. The largest absolute Gasteiger partial charge is 0.478 e. The first-order chi connectivity index (χ1) is 11.6. The second-order valence-corrected chi connectivity index (χ2v) is 6.63. The summed E-state index contributed by atoms with van der Waals surface area (Å²) in [6.07, 6.45) is 6.53. The average Bonchev–Trinajstić information content (AvgIpc) is 3.20. The van der Waals surface area contributed by atoms with Crippen molar-refractivity contribution in [1.29, 1.82) is 0 Å². The van der Waals surface area contributed by atoms with Crippen molar-refractivity contribution >= 4 is 16.9 Å². The topological polar surface area (TPSA) is 71.5 Å². The molecule has 2 aromatic rings. The Morgan fingerprint density at radius 3 is 2.58 bits per heavy atom. The molecule has 0 radical (unpaired) electrons. The van der Waals surface area contributed by atoms with Crippen LogP contribution >= 0.6 is 0 Å². The van der Waals surface area contributed by atoms with E-state index >= 15 is 0 Å². The van der Waals surface area contributed by atoms with Gasteiger partial charge >= 0.3 is 5.97 Å². The third-order valence-corrected chi connectivity index (χ3v) is 5.03. The molecular weight excluding hydrogens is 302 g/mol. The number of rotatable bonds is 7. The molecule has 1 fully saturated rings. The van der Waals surface area contributed by atoms with Crippen LogP contribution in [0.25, 0.3) is 10.9 Å². The fourth-order valence-electron chi connectivity index (χ4n) is 3.79. The quantitative estimate of drug-likeness (QED) is 0.819. The monoisotopic (exact) mass is 329 g/mol. The molecule has 0 amide bonds. The van der Waals surface area contributed by atoms with Crippen molar-refractivity contribution in [2.24, 2.45) is 5.73 Å². The zero-order valence-electron chi connectivity index (χ0n) is 14.4. The molecule has 0 spiro atoms. The van der Waals surface area contributed by atoms with Crippen molar-refractivity contribution in [3.05, 3.63) is 35.0 Å². The molecular formula is C19H27N3O2. The molecule has 5 heteroatoms. The highest BCUT2D eigenvalue weighted by atomic mass is 16.4. The molecule has 0 saturated carbocycles. The van der Waals surface area contributed by atoms with Crippen LogP contribution in [0.4, 0.5) is 0 Å². The summed E-state index contributed by atoms with van der Waals surface area (Å²) in [5.74, 6) is -0.858. The van der Waals surface area contributed by atoms with Gasteiger partial charge in [0.15, 0.2) is 0 Å². The van der Waals surface area contributed by atoms with Gasteiger partial charge < -0.3 is 20.3 Å². The first kappa shape index (κ1) is 17.0. The number of carboxylic acids is 1. The first-order valence-electron chi connectivity index (χ1n) is 8.94. The summed E-state index contributed by atoms with van der Waals surface area (Å²) in [6, 6.07) is 3.64. The molecule has 130 valence electrons. The fraction of sp³-hybridized carbons (Fsp3) is 0.526. The van der Waals surface area contributed by atoms with E-state index in [-0.39, 0.29) is 0 Å². The van der Waals surface area contributed by atoms with E-state index in [4.69, 9.17) is 5.73 Å². The third kappa shape index (κ3) is 3.32. The van der Waals surface area contributed by atoms with Crippen LogP contribution in [0.2, 0.25) is 0 Å². The Morgan fingerprint density at radius 1 is 1.21 bits per heavy atom. The number of likely N-dealkylation sites (tertiary alicyclic amines) is 1. The van der Waals surface area contributed by atoms with E-state index in [9.17, 15) is 9.90 Å². The predicted molar refractivity (Wildman–Crippen MR) is 96.7 cm³/mol. The van der Waals surface area contributed by atoms with E-state index in [2.05, 4.69) is 22.6 Å². The minimum Gasteiger partial charge on any atom is -0.478 e. The van der Waals surface area contributed by atoms with Gasteiger partial charge in [-0.15, -0.1) is 0 Å². The van der Waals surface area contributed by atoms with Crippen molar-refractivity contribution < 1.29 is 9.90 Å². The Labute approximate surface area is 143 Å². The number of fused-ring (bicyclic) bond motifs is 1. The lowest BCUT2D eigenvalue weighted by Gasteiger charge is -2.13. The van der Waals surface area contributed by atoms with E-state index in [0.29, 0.717) is 12.1 Å². The third-order valence-electron chi connectivity index (χ3n) is 5.03. The summed E-state index contributed by atoms with van der Waals surface area (Å²) in [4.78, 5) is 14.0. The smallest absolute Gasteiger partial charge is 0.335 e. The molecule has 0 unspecified atom stereocenters. The summed E-state index contributed by atoms with van der Waals surface area (Å²) < 4.78 is 2.21. The van der Waals surface area contributed by atoms with Crippen molar-refractivity contribution in [2.75, 3.05) is 26.2 Å². The van der Waals surface area contributed by atoms with Crippen LogP contribution in [0.3, 0.4) is 0 Å². The van der Waals surface area contributed by atoms with E-state index in [0.717, 1.165) is 42.4 Å². The molecule has 1 saturated heterocycles. The van der Waals surface area contributed by atoms with Crippen LogP contribution < -0.4 is 5.73 Å². The summed E-state index contributed by atoms with van der Waals surface area (Å²) in [6.45, 7) is 6.83. The Balaban J connectivity index is 2.02. The van der Waals surface area contributed by atoms with Crippen molar-refractivity contribution in [1.82, 2.24) is 9.47 Å². The summed E-state index contributed by atoms with van der Waals surface area (Å²) in [7, 11) is 0. The van der Waals surface area contributed by atoms with Gasteiger partial charge in [-0.25, -0.2) is 4.79 Å². The summed E-state index contributed by atoms with van der Waals surface area (Å²) in [5, 5.41) is 10.5. The van der Waals surface area contributed by atoms with Crippen molar-refractivity contribution in [3.8, 4) is 0 Å². The highest BCUT2D eigenvalue weighted by Crippen LogP contribution is 2.28. The number of nitrogens with two attached hydrogens (primary N) is 1. The number of aromatic carboxylic acids is 1. The SMILES string of the molecule is CCc1cc(C(=O)O)cc2c(CCN3CCCC3)cn(CCN)c12. The van der Waals surface area contributed by atoms with Gasteiger partial charge in [0.1, 0.15) is 0 Å². The van der Waals surface area contributed by atoms with E-state index in [1.165, 1.54) is 31.5 Å². The summed E-state index contributed by atoms with van der Waals surface area (Å²) >= 11 is 0. The number of aromatic nitrogens is 1. The molecule has 2 heterocycles. The van der Waals surface area contributed by atoms with Crippen molar-refractivity contribution in [3.63, 3.8) is 0 Å². The van der Waals surface area contributed by atoms with Crippen molar-refractivity contribution in [2.45, 2.75) is 39.2 Å². The van der Waals surface area contributed by atoms with E-state index < -0.39 is 5.97 Å². The van der Waals surface area contributed by atoms with Gasteiger partial charge in [0.25, 0.3) is 0 Å². The zero-order valence-corrected chi connectivity index (χ0v) is 14.4. The molecule has 1 aromatic heterocycles. The van der Waals surface area contributed by atoms with Gasteiger partial charge in [0, 0.05) is 31.2 Å². The van der Waals surface area contributed by atoms with Gasteiger partial charge in [-0.05, 0) is 62.0 Å². The molecule has 1 aliphatic heterocycles. The number of nitrogens with zero attached hydrogens (tertiary/aromatic N) is 2. The van der Waals surface area contributed by atoms with E-state index in [1.807, 2.05) is 12.1 Å². The maximum absolute atomic E-state index is 11.5. The molecule has 0 bridgehead atoms. The second kappa shape index (κ2) is 7.36. The average molecular weight is 329 g/mol. The highest BCUT2D eigenvalue weighted by Gasteiger charge is 2.17. The Morgan fingerprint density at radius 2 is 1.96 bits per heavy atom. The highest BCUT2D eigenvalue weighted by molar-refractivity contribution is 5.96. The standard InChI is InChI=1S/C19H27N3O2/c1-2-14-11-16(19(23)24)12-17-15(5-9-21-7-3-4-8-21)13-22(10-6-20)18(14)17/h11-13H,2-10,20H2,1H3,(H,23,24). The van der Waals surface area contributed by atoms with Gasteiger partial charge in [-0.3, -0.25) is 0 Å². The van der Waals surface area contributed by atoms with Crippen LogP contribution in [0.15, 0.2) is 18.3 Å².